The third-order valence-electron chi connectivity index (χ3n) is 4.12. The van der Waals surface area contributed by atoms with Gasteiger partial charge in [-0.3, -0.25) is 4.79 Å². The molecule has 0 aromatic heterocycles. The summed E-state index contributed by atoms with van der Waals surface area (Å²) in [4.78, 5) is 26.5. The molecule has 1 saturated heterocycles. The fraction of sp³-hybridized carbons (Fsp3) is 0.467. The lowest BCUT2D eigenvalue weighted by atomic mass is 10.0. The molecule has 1 amide bonds. The molecule has 0 aliphatic carbocycles. The molecule has 21 heavy (non-hydrogen) atoms. The van der Waals surface area contributed by atoms with Gasteiger partial charge in [0.25, 0.3) is 0 Å². The van der Waals surface area contributed by atoms with Crippen LogP contribution in [0.25, 0.3) is 0 Å². The van der Waals surface area contributed by atoms with Crippen molar-refractivity contribution in [1.29, 1.82) is 0 Å². The van der Waals surface area contributed by atoms with Crippen molar-refractivity contribution in [3.8, 4) is 0 Å². The van der Waals surface area contributed by atoms with Gasteiger partial charge < -0.3 is 15.0 Å². The Bertz CT molecular complexity index is 578. The average molecular weight is 306 g/mol. The number of benzene rings is 1. The van der Waals surface area contributed by atoms with E-state index in [4.69, 9.17) is 4.74 Å². The second-order valence-electron chi connectivity index (χ2n) is 5.21. The Hall–Kier alpha value is -1.53. The number of nitrogens with zero attached hydrogens (tertiary/aromatic N) is 1. The summed E-state index contributed by atoms with van der Waals surface area (Å²) >= 11 is 1.63. The molecule has 0 radical (unpaired) electrons. The molecule has 3 rings (SSSR count). The first-order valence-corrected chi connectivity index (χ1v) is 7.99. The summed E-state index contributed by atoms with van der Waals surface area (Å²) in [5.74, 6) is 0.208. The number of methoxy groups -OCH3 is 1. The Morgan fingerprint density at radius 2 is 2.19 bits per heavy atom. The van der Waals surface area contributed by atoms with E-state index in [1.165, 1.54) is 7.11 Å². The number of rotatable bonds is 2. The van der Waals surface area contributed by atoms with E-state index >= 15 is 0 Å². The number of hydrogen-bond acceptors (Lipinski definition) is 5. The molecule has 0 bridgehead atoms. The molecule has 2 heterocycles. The number of hydrogen-bond donors (Lipinski definition) is 1. The second-order valence-corrected chi connectivity index (χ2v) is 6.33. The summed E-state index contributed by atoms with van der Waals surface area (Å²) in [6.07, 6.45) is 0.646. The maximum Gasteiger partial charge on any atom is 0.329 e. The second kappa shape index (κ2) is 5.69. The maximum atomic E-state index is 12.8. The molecule has 2 aliphatic heterocycles. The molecule has 3 atom stereocenters. The van der Waals surface area contributed by atoms with Crippen molar-refractivity contribution in [2.45, 2.75) is 23.9 Å². The minimum atomic E-state index is -0.500. The van der Waals surface area contributed by atoms with Crippen LogP contribution in [0.4, 0.5) is 0 Å². The normalized spacial score (nSPS) is 27.8. The monoisotopic (exact) mass is 306 g/mol. The van der Waals surface area contributed by atoms with E-state index < -0.39 is 6.04 Å². The molecule has 1 aromatic carbocycles. The zero-order chi connectivity index (χ0) is 15.0. The van der Waals surface area contributed by atoms with Crippen LogP contribution in [0.5, 0.6) is 0 Å². The number of carbonyl (C=O) groups is 2. The van der Waals surface area contributed by atoms with Gasteiger partial charge in [-0.15, -0.1) is 11.8 Å². The highest BCUT2D eigenvalue weighted by atomic mass is 32.2. The quantitative estimate of drug-likeness (QED) is 0.824. The van der Waals surface area contributed by atoms with Crippen molar-refractivity contribution in [3.63, 3.8) is 0 Å². The molecule has 1 fully saturated rings. The molecular weight excluding hydrogens is 288 g/mol. The Balaban J connectivity index is 2.06. The van der Waals surface area contributed by atoms with E-state index in [0.717, 1.165) is 11.1 Å². The van der Waals surface area contributed by atoms with Gasteiger partial charge in [0.05, 0.1) is 13.2 Å². The number of fused-ring (bicyclic) bond motifs is 3. The van der Waals surface area contributed by atoms with Crippen LogP contribution in [0.15, 0.2) is 24.3 Å². The lowest BCUT2D eigenvalue weighted by molar-refractivity contribution is -0.152. The van der Waals surface area contributed by atoms with Gasteiger partial charge in [0.1, 0.15) is 11.4 Å². The van der Waals surface area contributed by atoms with Crippen LogP contribution in [0, 0.1) is 0 Å². The van der Waals surface area contributed by atoms with E-state index in [-0.39, 0.29) is 23.3 Å². The smallest absolute Gasteiger partial charge is 0.329 e. The Labute approximate surface area is 128 Å². The van der Waals surface area contributed by atoms with Gasteiger partial charge in [0, 0.05) is 5.75 Å². The van der Waals surface area contributed by atoms with Gasteiger partial charge in [0.2, 0.25) is 5.91 Å². The average Bonchev–Trinajstić information content (AvgIpc) is 2.91. The number of ether oxygens (including phenoxy) is 1. The number of nitrogens with one attached hydrogen (secondary N) is 1. The lowest BCUT2D eigenvalue weighted by Crippen LogP contribution is -2.50. The first kappa shape index (κ1) is 14.4. The number of thioether (sulfide) groups is 1. The zero-order valence-electron chi connectivity index (χ0n) is 12.0. The molecule has 1 aromatic rings. The summed E-state index contributed by atoms with van der Waals surface area (Å²) in [7, 11) is 3.15. The summed E-state index contributed by atoms with van der Waals surface area (Å²) in [6.45, 7) is 0. The van der Waals surface area contributed by atoms with E-state index in [1.807, 2.05) is 18.2 Å². The van der Waals surface area contributed by atoms with Crippen molar-refractivity contribution in [3.05, 3.63) is 35.4 Å². The highest BCUT2D eigenvalue weighted by molar-refractivity contribution is 7.99. The molecule has 0 spiro atoms. The fourth-order valence-corrected chi connectivity index (χ4v) is 4.49. The van der Waals surface area contributed by atoms with Gasteiger partial charge in [-0.05, 0) is 24.6 Å². The lowest BCUT2D eigenvalue weighted by Gasteiger charge is -2.28. The number of likely N-dealkylation sites (N-methyl/N-ethyl adjacent to an activating group) is 1. The zero-order valence-corrected chi connectivity index (χ0v) is 12.9. The van der Waals surface area contributed by atoms with Crippen LogP contribution in [0.3, 0.4) is 0 Å². The molecule has 6 heteroatoms. The summed E-state index contributed by atoms with van der Waals surface area (Å²) < 4.78 is 4.86. The van der Waals surface area contributed by atoms with Crippen LogP contribution in [0.1, 0.15) is 16.5 Å². The van der Waals surface area contributed by atoms with Gasteiger partial charge in [-0.25, -0.2) is 4.79 Å². The van der Waals surface area contributed by atoms with Crippen molar-refractivity contribution in [2.24, 2.45) is 0 Å². The van der Waals surface area contributed by atoms with Crippen molar-refractivity contribution < 1.29 is 14.3 Å². The predicted molar refractivity (Wildman–Crippen MR) is 80.8 cm³/mol. The number of esters is 1. The largest absolute Gasteiger partial charge is 0.467 e. The van der Waals surface area contributed by atoms with E-state index in [1.54, 1.807) is 23.7 Å². The number of carbonyl (C=O) groups excluding carboxylic acids is 2. The van der Waals surface area contributed by atoms with Gasteiger partial charge >= 0.3 is 5.97 Å². The Morgan fingerprint density at radius 1 is 1.43 bits per heavy atom. The molecular formula is C15H18N2O3S. The Morgan fingerprint density at radius 3 is 2.90 bits per heavy atom. The fourth-order valence-electron chi connectivity index (χ4n) is 3.01. The first-order valence-electron chi connectivity index (χ1n) is 6.94. The van der Waals surface area contributed by atoms with Crippen molar-refractivity contribution in [2.75, 3.05) is 19.9 Å². The van der Waals surface area contributed by atoms with Gasteiger partial charge in [0.15, 0.2) is 0 Å². The molecule has 5 nitrogen and oxygen atoms in total. The molecule has 2 unspecified atom stereocenters. The van der Waals surface area contributed by atoms with Gasteiger partial charge in [-0.2, -0.15) is 0 Å². The minimum Gasteiger partial charge on any atom is -0.467 e. The highest BCUT2D eigenvalue weighted by Crippen LogP contribution is 2.45. The molecule has 0 saturated carbocycles. The van der Waals surface area contributed by atoms with Crippen molar-refractivity contribution in [1.82, 2.24) is 10.2 Å². The maximum absolute atomic E-state index is 12.8. The Kier molecular flexibility index (Phi) is 3.91. The predicted octanol–water partition coefficient (Wildman–Crippen LogP) is 0.946. The van der Waals surface area contributed by atoms with Crippen LogP contribution in [-0.4, -0.2) is 48.8 Å². The van der Waals surface area contributed by atoms with Crippen LogP contribution >= 0.6 is 11.8 Å². The first-order chi connectivity index (χ1) is 10.2. The number of amides is 1. The van der Waals surface area contributed by atoms with E-state index in [2.05, 4.69) is 11.4 Å². The van der Waals surface area contributed by atoms with E-state index in [9.17, 15) is 9.59 Å². The molecule has 112 valence electrons. The molecule has 1 N–H and O–H groups in total. The minimum absolute atomic E-state index is 0.0286. The van der Waals surface area contributed by atoms with Crippen LogP contribution < -0.4 is 5.32 Å². The molecule has 2 aliphatic rings. The third-order valence-corrected chi connectivity index (χ3v) is 5.42. The SMILES string of the molecule is CN[C@H]1Cc2ccccc2C2SCC(C(=O)OC)N2C1=O. The highest BCUT2D eigenvalue weighted by Gasteiger charge is 2.46. The van der Waals surface area contributed by atoms with Crippen LogP contribution in [-0.2, 0) is 20.7 Å². The van der Waals surface area contributed by atoms with Gasteiger partial charge in [-0.1, -0.05) is 24.3 Å². The topological polar surface area (TPSA) is 58.6 Å². The summed E-state index contributed by atoms with van der Waals surface area (Å²) in [6, 6.07) is 7.27. The standard InChI is InChI=1S/C15H18N2O3S/c1-16-11-7-9-5-3-4-6-10(9)14-17(13(11)18)12(8-21-14)15(19)20-2/h3-6,11-12,14,16H,7-8H2,1-2H3/t11-,12?,14?/m0/s1. The van der Waals surface area contributed by atoms with Crippen LogP contribution in [0.2, 0.25) is 0 Å². The van der Waals surface area contributed by atoms with Crippen molar-refractivity contribution >= 4 is 23.6 Å². The summed E-state index contributed by atoms with van der Waals surface area (Å²) in [5.41, 5.74) is 2.29. The summed E-state index contributed by atoms with van der Waals surface area (Å²) in [5, 5.41) is 2.97. The third kappa shape index (κ3) is 2.32. The van der Waals surface area contributed by atoms with E-state index in [0.29, 0.717) is 12.2 Å².